The molecule has 1 N–H and O–H groups in total. The van der Waals surface area contributed by atoms with Gasteiger partial charge in [0.2, 0.25) is 0 Å². The van der Waals surface area contributed by atoms with Crippen LogP contribution >= 0.6 is 0 Å². The molecule has 0 bridgehead atoms. The second kappa shape index (κ2) is 4.43. The van der Waals surface area contributed by atoms with E-state index in [1.807, 2.05) is 27.7 Å². The Labute approximate surface area is 90.2 Å². The first kappa shape index (κ1) is 11.7. The predicted molar refractivity (Wildman–Crippen MR) is 59.4 cm³/mol. The largest absolute Gasteiger partial charge is 0.478 e. The number of rotatable bonds is 3. The van der Waals surface area contributed by atoms with Crippen molar-refractivity contribution in [3.05, 3.63) is 29.1 Å². The number of carboxylic acids is 1. The molecule has 3 nitrogen and oxygen atoms in total. The highest BCUT2D eigenvalue weighted by Gasteiger charge is 2.19. The van der Waals surface area contributed by atoms with E-state index in [0.29, 0.717) is 5.56 Å². The summed E-state index contributed by atoms with van der Waals surface area (Å²) in [7, 11) is 0. The molecule has 1 aromatic heterocycles. The Morgan fingerprint density at radius 1 is 1.13 bits per heavy atom. The molecule has 1 rings (SSSR count). The van der Waals surface area contributed by atoms with Crippen molar-refractivity contribution >= 4 is 5.97 Å². The van der Waals surface area contributed by atoms with Crippen molar-refractivity contribution < 1.29 is 9.90 Å². The Hall–Kier alpha value is -1.38. The van der Waals surface area contributed by atoms with E-state index in [0.717, 1.165) is 11.1 Å². The fraction of sp³-hybridized carbons (Fsp3) is 0.500. The minimum absolute atomic E-state index is 0.183. The number of aromatic carboxylic acids is 1. The van der Waals surface area contributed by atoms with Gasteiger partial charge in [-0.25, -0.2) is 4.79 Å². The van der Waals surface area contributed by atoms with Crippen molar-refractivity contribution in [1.82, 2.24) is 4.98 Å². The third-order valence-corrected chi connectivity index (χ3v) is 2.46. The number of hydrogen-bond donors (Lipinski definition) is 1. The third kappa shape index (κ3) is 2.35. The molecule has 1 heterocycles. The van der Waals surface area contributed by atoms with E-state index in [1.165, 1.54) is 0 Å². The van der Waals surface area contributed by atoms with E-state index in [4.69, 9.17) is 0 Å². The lowest BCUT2D eigenvalue weighted by Crippen LogP contribution is -2.10. The molecular formula is C12H17NO2. The van der Waals surface area contributed by atoms with Crippen molar-refractivity contribution in [2.24, 2.45) is 0 Å². The van der Waals surface area contributed by atoms with Crippen LogP contribution in [-0.4, -0.2) is 16.1 Å². The highest BCUT2D eigenvalue weighted by Crippen LogP contribution is 2.26. The molecule has 0 aliphatic heterocycles. The average Bonchev–Trinajstić information content (AvgIpc) is 2.16. The Balaban J connectivity index is 3.42. The van der Waals surface area contributed by atoms with Crippen LogP contribution in [0.2, 0.25) is 0 Å². The SMILES string of the molecule is CC(C)c1cncc(C(C)C)c1C(=O)O. The van der Waals surface area contributed by atoms with Crippen molar-refractivity contribution in [2.75, 3.05) is 0 Å². The van der Waals surface area contributed by atoms with E-state index in [9.17, 15) is 9.90 Å². The second-order valence-corrected chi connectivity index (χ2v) is 4.31. The quantitative estimate of drug-likeness (QED) is 0.828. The number of carbonyl (C=O) groups is 1. The first-order chi connectivity index (χ1) is 6.95. The Kier molecular flexibility index (Phi) is 3.45. The Morgan fingerprint density at radius 2 is 1.53 bits per heavy atom. The summed E-state index contributed by atoms with van der Waals surface area (Å²) in [6, 6.07) is 0. The lowest BCUT2D eigenvalue weighted by atomic mass is 9.91. The van der Waals surface area contributed by atoms with Crippen molar-refractivity contribution in [3.63, 3.8) is 0 Å². The molecule has 0 unspecified atom stereocenters. The normalized spacial score (nSPS) is 11.1. The summed E-state index contributed by atoms with van der Waals surface area (Å²) in [6.07, 6.45) is 3.31. The van der Waals surface area contributed by atoms with Crippen LogP contribution in [0.1, 0.15) is 61.0 Å². The van der Waals surface area contributed by atoms with Crippen molar-refractivity contribution in [1.29, 1.82) is 0 Å². The second-order valence-electron chi connectivity index (χ2n) is 4.31. The van der Waals surface area contributed by atoms with Gasteiger partial charge in [-0.05, 0) is 23.0 Å². The number of aromatic nitrogens is 1. The molecule has 82 valence electrons. The highest BCUT2D eigenvalue weighted by atomic mass is 16.4. The molecule has 0 amide bonds. The minimum Gasteiger partial charge on any atom is -0.478 e. The van der Waals surface area contributed by atoms with Gasteiger partial charge < -0.3 is 5.11 Å². The predicted octanol–water partition coefficient (Wildman–Crippen LogP) is 3.03. The van der Waals surface area contributed by atoms with Crippen LogP contribution in [0.4, 0.5) is 0 Å². The molecule has 0 fully saturated rings. The average molecular weight is 207 g/mol. The van der Waals surface area contributed by atoms with Gasteiger partial charge in [0.05, 0.1) is 5.56 Å². The molecule has 0 aliphatic rings. The minimum atomic E-state index is -0.857. The van der Waals surface area contributed by atoms with E-state index in [1.54, 1.807) is 12.4 Å². The molecule has 0 aliphatic carbocycles. The van der Waals surface area contributed by atoms with Gasteiger partial charge in [0, 0.05) is 12.4 Å². The van der Waals surface area contributed by atoms with Crippen LogP contribution < -0.4 is 0 Å². The molecule has 1 aromatic rings. The fourth-order valence-electron chi connectivity index (χ4n) is 1.62. The maximum atomic E-state index is 11.2. The van der Waals surface area contributed by atoms with Gasteiger partial charge >= 0.3 is 5.97 Å². The smallest absolute Gasteiger partial charge is 0.336 e. The highest BCUT2D eigenvalue weighted by molar-refractivity contribution is 5.91. The van der Waals surface area contributed by atoms with Gasteiger partial charge in [-0.3, -0.25) is 4.98 Å². The Morgan fingerprint density at radius 3 is 1.80 bits per heavy atom. The number of pyridine rings is 1. The third-order valence-electron chi connectivity index (χ3n) is 2.46. The fourth-order valence-corrected chi connectivity index (χ4v) is 1.62. The molecule has 0 aromatic carbocycles. The molecule has 0 saturated carbocycles. The molecule has 0 radical (unpaired) electrons. The molecule has 0 saturated heterocycles. The van der Waals surface area contributed by atoms with Gasteiger partial charge in [0.15, 0.2) is 0 Å². The molecule has 3 heteroatoms. The molecule has 15 heavy (non-hydrogen) atoms. The van der Waals surface area contributed by atoms with Crippen molar-refractivity contribution in [3.8, 4) is 0 Å². The standard InChI is InChI=1S/C12H17NO2/c1-7(2)9-5-13-6-10(8(3)4)11(9)12(14)15/h5-8H,1-4H3,(H,14,15). The van der Waals surface area contributed by atoms with Crippen LogP contribution in [0.25, 0.3) is 0 Å². The zero-order valence-corrected chi connectivity index (χ0v) is 9.61. The Bertz CT molecular complexity index is 344. The van der Waals surface area contributed by atoms with Crippen LogP contribution in [0.3, 0.4) is 0 Å². The maximum Gasteiger partial charge on any atom is 0.336 e. The first-order valence-electron chi connectivity index (χ1n) is 5.16. The van der Waals surface area contributed by atoms with Gasteiger partial charge in [-0.15, -0.1) is 0 Å². The zero-order valence-electron chi connectivity index (χ0n) is 9.61. The maximum absolute atomic E-state index is 11.2. The van der Waals surface area contributed by atoms with Gasteiger partial charge in [0.1, 0.15) is 0 Å². The number of carboxylic acid groups (broad SMARTS) is 1. The summed E-state index contributed by atoms with van der Waals surface area (Å²) in [6.45, 7) is 7.92. The van der Waals surface area contributed by atoms with Gasteiger partial charge in [0.25, 0.3) is 0 Å². The molecule has 0 atom stereocenters. The van der Waals surface area contributed by atoms with Gasteiger partial charge in [-0.2, -0.15) is 0 Å². The molecular weight excluding hydrogens is 190 g/mol. The van der Waals surface area contributed by atoms with Crippen LogP contribution in [-0.2, 0) is 0 Å². The summed E-state index contributed by atoms with van der Waals surface area (Å²) < 4.78 is 0. The summed E-state index contributed by atoms with van der Waals surface area (Å²) in [5, 5.41) is 9.22. The van der Waals surface area contributed by atoms with Gasteiger partial charge in [-0.1, -0.05) is 27.7 Å². The van der Waals surface area contributed by atoms with E-state index in [-0.39, 0.29) is 11.8 Å². The van der Waals surface area contributed by atoms with E-state index in [2.05, 4.69) is 4.98 Å². The topological polar surface area (TPSA) is 50.2 Å². The van der Waals surface area contributed by atoms with E-state index < -0.39 is 5.97 Å². The van der Waals surface area contributed by atoms with Crippen LogP contribution in [0.5, 0.6) is 0 Å². The lowest BCUT2D eigenvalue weighted by Gasteiger charge is -2.15. The molecule has 0 spiro atoms. The van der Waals surface area contributed by atoms with Crippen LogP contribution in [0, 0.1) is 0 Å². The summed E-state index contributed by atoms with van der Waals surface area (Å²) in [5.41, 5.74) is 2.05. The van der Waals surface area contributed by atoms with Crippen molar-refractivity contribution in [2.45, 2.75) is 39.5 Å². The van der Waals surface area contributed by atoms with E-state index >= 15 is 0 Å². The van der Waals surface area contributed by atoms with Crippen LogP contribution in [0.15, 0.2) is 12.4 Å². The first-order valence-corrected chi connectivity index (χ1v) is 5.16. The lowest BCUT2D eigenvalue weighted by molar-refractivity contribution is 0.0693. The number of hydrogen-bond acceptors (Lipinski definition) is 2. The summed E-state index contributed by atoms with van der Waals surface area (Å²) in [5.74, 6) is -0.491. The monoisotopic (exact) mass is 207 g/mol. The summed E-state index contributed by atoms with van der Waals surface area (Å²) in [4.78, 5) is 15.3. The summed E-state index contributed by atoms with van der Waals surface area (Å²) >= 11 is 0. The zero-order chi connectivity index (χ0) is 11.6. The number of nitrogens with zero attached hydrogens (tertiary/aromatic N) is 1.